The Morgan fingerprint density at radius 1 is 0.773 bits per heavy atom. The van der Waals surface area contributed by atoms with Crippen LogP contribution in [0.2, 0.25) is 0 Å². The highest BCUT2D eigenvalue weighted by Gasteiger charge is 2.26. The lowest BCUT2D eigenvalue weighted by Crippen LogP contribution is -2.55. The van der Waals surface area contributed by atoms with E-state index in [9.17, 15) is 14.4 Å². The maximum atomic E-state index is 13.4. The van der Waals surface area contributed by atoms with Gasteiger partial charge in [0.05, 0.1) is 39.0 Å². The monoisotopic (exact) mass is 600 g/mol. The average molecular weight is 601 g/mol. The van der Waals surface area contributed by atoms with E-state index >= 15 is 0 Å². The summed E-state index contributed by atoms with van der Waals surface area (Å²) in [4.78, 5) is 41.7. The van der Waals surface area contributed by atoms with Crippen LogP contribution in [0.3, 0.4) is 0 Å². The molecule has 3 N–H and O–H groups in total. The zero-order valence-electron chi connectivity index (χ0n) is 25.5. The van der Waals surface area contributed by atoms with Crippen LogP contribution in [0.5, 0.6) is 0 Å². The first kappa shape index (κ1) is 32.9. The molecular weight excluding hydrogens is 556 g/mol. The van der Waals surface area contributed by atoms with Crippen molar-refractivity contribution in [1.82, 2.24) is 20.9 Å². The van der Waals surface area contributed by atoms with Crippen LogP contribution < -0.4 is 16.0 Å². The van der Waals surface area contributed by atoms with Crippen LogP contribution in [-0.2, 0) is 43.3 Å². The van der Waals surface area contributed by atoms with Crippen LogP contribution in [0.1, 0.15) is 30.0 Å². The molecule has 0 aromatic heterocycles. The Balaban J connectivity index is 1.35. The molecule has 4 rings (SSSR count). The molecule has 9 heteroatoms. The Morgan fingerprint density at radius 2 is 1.36 bits per heavy atom. The van der Waals surface area contributed by atoms with Gasteiger partial charge in [0.1, 0.15) is 12.1 Å². The molecule has 1 fully saturated rings. The Labute approximate surface area is 260 Å². The predicted octanol–water partition coefficient (Wildman–Crippen LogP) is 2.89. The van der Waals surface area contributed by atoms with Gasteiger partial charge in [-0.3, -0.25) is 19.3 Å². The summed E-state index contributed by atoms with van der Waals surface area (Å²) in [5.74, 6) is -0.932. The molecular formula is C35H44N4O5. The molecule has 1 aliphatic heterocycles. The van der Waals surface area contributed by atoms with Crippen molar-refractivity contribution in [2.75, 3.05) is 39.5 Å². The first-order chi connectivity index (χ1) is 21.5. The van der Waals surface area contributed by atoms with E-state index < -0.39 is 12.1 Å². The lowest BCUT2D eigenvalue weighted by Gasteiger charge is -2.27. The molecule has 1 aliphatic rings. The summed E-state index contributed by atoms with van der Waals surface area (Å²) < 4.78 is 11.3. The predicted molar refractivity (Wildman–Crippen MR) is 170 cm³/mol. The molecule has 0 spiro atoms. The molecule has 3 aromatic carbocycles. The van der Waals surface area contributed by atoms with Gasteiger partial charge in [-0.2, -0.15) is 0 Å². The summed E-state index contributed by atoms with van der Waals surface area (Å²) in [6, 6.07) is 27.7. The van der Waals surface area contributed by atoms with E-state index in [0.717, 1.165) is 16.7 Å². The van der Waals surface area contributed by atoms with Gasteiger partial charge in [0.15, 0.2) is 0 Å². The van der Waals surface area contributed by atoms with Gasteiger partial charge in [-0.25, -0.2) is 0 Å². The number of hydrogen-bond donors (Lipinski definition) is 3. The van der Waals surface area contributed by atoms with Gasteiger partial charge in [0.2, 0.25) is 17.7 Å². The lowest BCUT2D eigenvalue weighted by atomic mass is 10.0. The van der Waals surface area contributed by atoms with E-state index in [1.807, 2.05) is 95.9 Å². The number of nitrogens with zero attached hydrogens (tertiary/aromatic N) is 1. The van der Waals surface area contributed by atoms with Gasteiger partial charge in [-0.05, 0) is 42.9 Å². The number of amides is 3. The maximum absolute atomic E-state index is 13.4. The lowest BCUT2D eigenvalue weighted by molar-refractivity contribution is -0.132. The number of carbonyl (C=O) groups excluding carboxylic acids is 3. The summed E-state index contributed by atoms with van der Waals surface area (Å²) in [7, 11) is 0. The van der Waals surface area contributed by atoms with Crippen LogP contribution in [0.15, 0.2) is 91.0 Å². The van der Waals surface area contributed by atoms with Crippen molar-refractivity contribution in [3.05, 3.63) is 108 Å². The number of carbonyl (C=O) groups is 3. The van der Waals surface area contributed by atoms with Gasteiger partial charge >= 0.3 is 0 Å². The van der Waals surface area contributed by atoms with Crippen LogP contribution in [0.4, 0.5) is 0 Å². The molecule has 1 saturated heterocycles. The fourth-order valence-corrected chi connectivity index (χ4v) is 5.08. The second-order valence-corrected chi connectivity index (χ2v) is 11.2. The van der Waals surface area contributed by atoms with Crippen molar-refractivity contribution < 1.29 is 23.9 Å². The van der Waals surface area contributed by atoms with E-state index in [-0.39, 0.29) is 30.3 Å². The molecule has 9 nitrogen and oxygen atoms in total. The molecule has 0 radical (unpaired) electrons. The minimum atomic E-state index is -0.815. The third-order valence-electron chi connectivity index (χ3n) is 7.54. The quantitative estimate of drug-likeness (QED) is 0.233. The number of hydrogen-bond acceptors (Lipinski definition) is 6. The molecule has 0 saturated carbocycles. The molecule has 3 amide bonds. The average Bonchev–Trinajstić information content (AvgIpc) is 3.04. The van der Waals surface area contributed by atoms with Crippen LogP contribution in [-0.4, -0.2) is 80.2 Å². The number of ether oxygens (including phenoxy) is 2. The van der Waals surface area contributed by atoms with Crippen molar-refractivity contribution >= 4 is 17.7 Å². The first-order valence-electron chi connectivity index (χ1n) is 15.4. The largest absolute Gasteiger partial charge is 0.379 e. The summed E-state index contributed by atoms with van der Waals surface area (Å²) in [6.07, 6.45) is 1.59. The van der Waals surface area contributed by atoms with E-state index in [4.69, 9.17) is 9.47 Å². The maximum Gasteiger partial charge on any atom is 0.243 e. The topological polar surface area (TPSA) is 109 Å². The Hall–Kier alpha value is -4.05. The van der Waals surface area contributed by atoms with Gasteiger partial charge in [0, 0.05) is 13.1 Å². The zero-order valence-corrected chi connectivity index (χ0v) is 25.5. The van der Waals surface area contributed by atoms with Crippen LogP contribution >= 0.6 is 0 Å². The fraction of sp³-hybridized carbons (Fsp3) is 0.400. The highest BCUT2D eigenvalue weighted by molar-refractivity contribution is 5.92. The normalized spacial score (nSPS) is 15.5. The van der Waals surface area contributed by atoms with E-state index in [1.54, 1.807) is 6.92 Å². The van der Waals surface area contributed by atoms with Crippen molar-refractivity contribution in [2.24, 2.45) is 0 Å². The van der Waals surface area contributed by atoms with Crippen molar-refractivity contribution in [2.45, 2.75) is 50.9 Å². The molecule has 1 heterocycles. The third kappa shape index (κ3) is 11.6. The number of nitrogens with one attached hydrogen (secondary N) is 3. The van der Waals surface area contributed by atoms with Gasteiger partial charge in [0.25, 0.3) is 0 Å². The molecule has 0 bridgehead atoms. The highest BCUT2D eigenvalue weighted by Crippen LogP contribution is 2.09. The highest BCUT2D eigenvalue weighted by atomic mass is 16.5. The number of rotatable bonds is 16. The second kappa shape index (κ2) is 17.9. The van der Waals surface area contributed by atoms with Crippen molar-refractivity contribution in [3.8, 4) is 0 Å². The molecule has 3 aromatic rings. The number of aryl methyl sites for hydroxylation is 1. The second-order valence-electron chi connectivity index (χ2n) is 11.2. The molecule has 44 heavy (non-hydrogen) atoms. The van der Waals surface area contributed by atoms with E-state index in [2.05, 4.69) is 16.0 Å². The Morgan fingerprint density at radius 3 is 2.00 bits per heavy atom. The van der Waals surface area contributed by atoms with Crippen LogP contribution in [0.25, 0.3) is 0 Å². The zero-order chi connectivity index (χ0) is 31.0. The van der Waals surface area contributed by atoms with E-state index in [0.29, 0.717) is 58.8 Å². The standard InChI is InChI=1S/C35H44N4O5/c1-27(34(41)37-31(23-29-13-7-3-8-14-29)26-44-25-30-15-9-4-10-16-30)36-35(42)32(18-17-28-11-5-2-6-12-28)38-33(40)24-39-19-21-43-22-20-39/h2-16,27,31-32H,17-26H2,1H3,(H,36,42)(H,37,41)(H,38,40)/t27?,31-,32-/m0/s1. The first-order valence-corrected chi connectivity index (χ1v) is 15.4. The van der Waals surface area contributed by atoms with Crippen LogP contribution in [0, 0.1) is 0 Å². The van der Waals surface area contributed by atoms with Gasteiger partial charge in [-0.15, -0.1) is 0 Å². The molecule has 0 aliphatic carbocycles. The fourth-order valence-electron chi connectivity index (χ4n) is 5.08. The summed E-state index contributed by atoms with van der Waals surface area (Å²) >= 11 is 0. The molecule has 234 valence electrons. The Bertz CT molecular complexity index is 1290. The summed E-state index contributed by atoms with van der Waals surface area (Å²) in [5.41, 5.74) is 3.19. The number of benzene rings is 3. The minimum absolute atomic E-state index is 0.193. The SMILES string of the molecule is CC(NC(=O)[C@H](CCc1ccccc1)NC(=O)CN1CCOCC1)C(=O)N[C@H](COCc1ccccc1)Cc1ccccc1. The molecule has 3 atom stereocenters. The van der Waals surface area contributed by atoms with Gasteiger partial charge < -0.3 is 25.4 Å². The molecule has 1 unspecified atom stereocenters. The minimum Gasteiger partial charge on any atom is -0.379 e. The Kier molecular flexibility index (Phi) is 13.4. The van der Waals surface area contributed by atoms with Gasteiger partial charge in [-0.1, -0.05) is 91.0 Å². The summed E-state index contributed by atoms with van der Waals surface area (Å²) in [5, 5.41) is 8.81. The van der Waals surface area contributed by atoms with Crippen molar-refractivity contribution in [1.29, 1.82) is 0 Å². The number of morpholine rings is 1. The van der Waals surface area contributed by atoms with Crippen molar-refractivity contribution in [3.63, 3.8) is 0 Å². The summed E-state index contributed by atoms with van der Waals surface area (Å²) in [6.45, 7) is 5.10. The smallest absolute Gasteiger partial charge is 0.243 e. The third-order valence-corrected chi connectivity index (χ3v) is 7.54. The van der Waals surface area contributed by atoms with E-state index in [1.165, 1.54) is 0 Å².